The monoisotopic (exact) mass is 306 g/mol. The van der Waals surface area contributed by atoms with Gasteiger partial charge in [-0.1, -0.05) is 0 Å². The minimum Gasteiger partial charge on any atom is -0.438 e. The van der Waals surface area contributed by atoms with Gasteiger partial charge in [0, 0.05) is 6.92 Å². The van der Waals surface area contributed by atoms with E-state index in [0.717, 1.165) is 6.92 Å². The normalized spacial score (nSPS) is 13.8. The van der Waals surface area contributed by atoms with Crippen LogP contribution in [-0.4, -0.2) is 43.0 Å². The molecule has 0 unspecified atom stereocenters. The second-order valence-electron chi connectivity index (χ2n) is 3.24. The summed E-state index contributed by atoms with van der Waals surface area (Å²) in [4.78, 5) is 10.9. The molecule has 9 heteroatoms. The van der Waals surface area contributed by atoms with Crippen LogP contribution < -0.4 is 0 Å². The fourth-order valence-corrected chi connectivity index (χ4v) is 2.80. The lowest BCUT2D eigenvalue weighted by molar-refractivity contribution is -0.159. The second-order valence-corrected chi connectivity index (χ2v) is 6.50. The first-order chi connectivity index (χ1) is 7.04. The molecule has 0 spiro atoms. The number of aliphatic hydroxyl groups excluding tert-OH is 2. The van der Waals surface area contributed by atoms with Crippen LogP contribution in [0.2, 0.25) is 0 Å². The molecule has 3 N–H and O–H groups in total. The first kappa shape index (κ1) is 16.8. The van der Waals surface area contributed by atoms with Crippen molar-refractivity contribution in [3.63, 3.8) is 0 Å². The fraction of sp³-hybridized carbons (Fsp3) is 0.857. The van der Waals surface area contributed by atoms with Gasteiger partial charge in [0.15, 0.2) is 4.27 Å². The predicted molar refractivity (Wildman–Crippen MR) is 72.0 cm³/mol. The van der Waals surface area contributed by atoms with Gasteiger partial charge in [-0.2, -0.15) is 0 Å². The van der Waals surface area contributed by atoms with Crippen LogP contribution in [0, 0.1) is 5.41 Å². The highest BCUT2D eigenvalue weighted by Crippen LogP contribution is 2.51. The van der Waals surface area contributed by atoms with Crippen LogP contribution >= 0.6 is 50.5 Å². The van der Waals surface area contributed by atoms with Crippen molar-refractivity contribution in [2.24, 2.45) is 5.41 Å². The first-order valence-electron chi connectivity index (χ1n) is 4.07. The van der Waals surface area contributed by atoms with Crippen LogP contribution in [0.1, 0.15) is 6.92 Å². The first-order valence-corrected chi connectivity index (χ1v) is 5.86. The molecule has 0 aromatic heterocycles. The van der Waals surface area contributed by atoms with E-state index in [1.54, 1.807) is 0 Å². The predicted octanol–water partition coefficient (Wildman–Crippen LogP) is -0.460. The van der Waals surface area contributed by atoms with Crippen molar-refractivity contribution in [1.29, 1.82) is 0 Å². The van der Waals surface area contributed by atoms with Gasteiger partial charge in [0.1, 0.15) is 5.41 Å². The number of carbonyl (C=O) groups excluding carboxylic acids is 1. The molecule has 0 saturated carbocycles. The van der Waals surface area contributed by atoms with Gasteiger partial charge in [0.05, 0.1) is 13.2 Å². The molecule has 5 nitrogen and oxygen atoms in total. The van der Waals surface area contributed by atoms with Crippen LogP contribution in [0.15, 0.2) is 0 Å². The van der Waals surface area contributed by atoms with E-state index in [4.69, 9.17) is 4.74 Å². The third kappa shape index (κ3) is 3.15. The highest BCUT2D eigenvalue weighted by Gasteiger charge is 2.60. The minimum atomic E-state index is -2.16. The summed E-state index contributed by atoms with van der Waals surface area (Å²) in [5.74, 6) is -0.748. The standard InChI is InChI=1S/C7H14O5S4/c1-4(10)12-7(15,16)5(2-8,3-9)6(11,13)14/h8-9,11,13-16H,2-3H2,1H3. The molecular formula is C7H14O5S4. The molecule has 0 heterocycles. The molecule has 0 aliphatic heterocycles. The Balaban J connectivity index is 5.42. The number of rotatable bonds is 5. The van der Waals surface area contributed by atoms with Gasteiger partial charge < -0.3 is 20.1 Å². The molecule has 0 aliphatic rings. The van der Waals surface area contributed by atoms with E-state index in [0.29, 0.717) is 0 Å². The van der Waals surface area contributed by atoms with Crippen molar-refractivity contribution in [3.05, 3.63) is 0 Å². The Hall–Kier alpha value is 0.750. The number of aliphatic hydroxyl groups is 3. The topological polar surface area (TPSA) is 87.0 Å². The van der Waals surface area contributed by atoms with E-state index in [-0.39, 0.29) is 0 Å². The van der Waals surface area contributed by atoms with E-state index in [1.165, 1.54) is 0 Å². The molecule has 0 bridgehead atoms. The van der Waals surface area contributed by atoms with E-state index in [2.05, 4.69) is 50.5 Å². The Morgan fingerprint density at radius 1 is 1.19 bits per heavy atom. The zero-order valence-electron chi connectivity index (χ0n) is 8.36. The van der Waals surface area contributed by atoms with Crippen LogP contribution in [0.4, 0.5) is 0 Å². The Morgan fingerprint density at radius 2 is 1.56 bits per heavy atom. The van der Waals surface area contributed by atoms with E-state index < -0.39 is 33.1 Å². The molecule has 0 amide bonds. The zero-order chi connectivity index (χ0) is 13.2. The lowest BCUT2D eigenvalue weighted by Gasteiger charge is -2.46. The summed E-state index contributed by atoms with van der Waals surface area (Å²) < 4.78 is 0.622. The van der Waals surface area contributed by atoms with Crippen molar-refractivity contribution in [2.45, 2.75) is 15.5 Å². The Morgan fingerprint density at radius 3 is 1.75 bits per heavy atom. The average Bonchev–Trinajstić information content (AvgIpc) is 2.00. The lowest BCUT2D eigenvalue weighted by atomic mass is 9.90. The van der Waals surface area contributed by atoms with Crippen LogP contribution in [0.3, 0.4) is 0 Å². The molecule has 96 valence electrons. The molecule has 0 atom stereocenters. The largest absolute Gasteiger partial charge is 0.438 e. The van der Waals surface area contributed by atoms with Gasteiger partial charge in [0.2, 0.25) is 4.27 Å². The van der Waals surface area contributed by atoms with Crippen LogP contribution in [0.5, 0.6) is 0 Å². The van der Waals surface area contributed by atoms with Crippen molar-refractivity contribution in [2.75, 3.05) is 13.2 Å². The maximum Gasteiger partial charge on any atom is 0.304 e. The molecule has 0 radical (unpaired) electrons. The summed E-state index contributed by atoms with van der Waals surface area (Å²) in [6.45, 7) is -0.503. The zero-order valence-corrected chi connectivity index (χ0v) is 11.9. The van der Waals surface area contributed by atoms with Crippen molar-refractivity contribution < 1.29 is 24.9 Å². The van der Waals surface area contributed by atoms with Crippen molar-refractivity contribution in [3.8, 4) is 0 Å². The van der Waals surface area contributed by atoms with Gasteiger partial charge in [0.25, 0.3) is 0 Å². The van der Waals surface area contributed by atoms with Gasteiger partial charge in [-0.15, -0.1) is 50.5 Å². The molecule has 16 heavy (non-hydrogen) atoms. The number of hydrogen-bond acceptors (Lipinski definition) is 9. The summed E-state index contributed by atoms with van der Waals surface area (Å²) in [7, 11) is 0. The molecule has 0 aromatic rings. The maximum atomic E-state index is 10.9. The SMILES string of the molecule is CC(=O)OC(S)(S)C(CO)(CO)C(O)(S)S. The molecule has 0 rings (SSSR count). The summed E-state index contributed by atoms with van der Waals surface area (Å²) in [6.07, 6.45) is 0. The molecule has 0 saturated heterocycles. The summed E-state index contributed by atoms with van der Waals surface area (Å²) in [5, 5.41) is 28.2. The summed E-state index contributed by atoms with van der Waals surface area (Å²) in [6, 6.07) is 0. The minimum absolute atomic E-state index is 0.748. The van der Waals surface area contributed by atoms with E-state index >= 15 is 0 Å². The van der Waals surface area contributed by atoms with E-state index in [9.17, 15) is 20.1 Å². The number of hydrogen-bond donors (Lipinski definition) is 7. The van der Waals surface area contributed by atoms with Gasteiger partial charge in [-0.25, -0.2) is 0 Å². The molecular weight excluding hydrogens is 292 g/mol. The Labute approximate surface area is 115 Å². The number of thiol groups is 4. The summed E-state index contributed by atoms with van der Waals surface area (Å²) >= 11 is 15.3. The lowest BCUT2D eigenvalue weighted by Crippen LogP contribution is -2.58. The third-order valence-electron chi connectivity index (χ3n) is 2.09. The molecule has 0 aromatic carbocycles. The number of ether oxygens (including phenoxy) is 1. The molecule has 0 fully saturated rings. The smallest absolute Gasteiger partial charge is 0.304 e. The van der Waals surface area contributed by atoms with Crippen molar-refractivity contribution >= 4 is 56.5 Å². The average molecular weight is 306 g/mol. The van der Waals surface area contributed by atoms with Gasteiger partial charge in [-0.3, -0.25) is 4.79 Å². The summed E-state index contributed by atoms with van der Waals surface area (Å²) in [5.41, 5.74) is -1.87. The highest BCUT2D eigenvalue weighted by molar-refractivity contribution is 8.02. The third-order valence-corrected chi connectivity index (χ3v) is 3.99. The fourth-order valence-electron chi connectivity index (χ4n) is 0.985. The quantitative estimate of drug-likeness (QED) is 0.212. The Bertz CT molecular complexity index is 258. The van der Waals surface area contributed by atoms with Gasteiger partial charge >= 0.3 is 5.97 Å². The van der Waals surface area contributed by atoms with Crippen LogP contribution in [0.25, 0.3) is 0 Å². The highest BCUT2D eigenvalue weighted by atomic mass is 32.2. The molecule has 0 aliphatic carbocycles. The number of carbonyl (C=O) groups is 1. The Kier molecular flexibility index (Phi) is 5.86. The van der Waals surface area contributed by atoms with E-state index in [1.807, 2.05) is 0 Å². The van der Waals surface area contributed by atoms with Gasteiger partial charge in [-0.05, 0) is 0 Å². The maximum absolute atomic E-state index is 10.9. The van der Waals surface area contributed by atoms with Crippen LogP contribution in [-0.2, 0) is 9.53 Å². The number of esters is 1. The van der Waals surface area contributed by atoms with Crippen molar-refractivity contribution in [1.82, 2.24) is 0 Å². The second kappa shape index (κ2) is 5.59.